The van der Waals surface area contributed by atoms with Gasteiger partial charge in [0.2, 0.25) is 5.78 Å². The Labute approximate surface area is 279 Å². The molecule has 5 fully saturated rings. The Balaban J connectivity index is 1.25. The number of hydrogen-bond acceptors (Lipinski definition) is 10. The molecule has 13 heteroatoms. The van der Waals surface area contributed by atoms with Gasteiger partial charge in [0.25, 0.3) is 5.91 Å². The second-order valence-corrected chi connectivity index (χ2v) is 15.4. The Morgan fingerprint density at radius 2 is 1.62 bits per heavy atom. The quantitative estimate of drug-likeness (QED) is 0.131. The fraction of sp³-hybridized carbons (Fsp3) is 0.600. The molecule has 1 aromatic rings. The van der Waals surface area contributed by atoms with Crippen LogP contribution in [0, 0.1) is 35.5 Å². The number of fused-ring (bicyclic) bond motifs is 3. The van der Waals surface area contributed by atoms with Crippen LogP contribution in [0.2, 0.25) is 0 Å². The lowest BCUT2D eigenvalue weighted by Gasteiger charge is -2.54. The molecule has 2 unspecified atom stereocenters. The van der Waals surface area contributed by atoms with Gasteiger partial charge in [-0.15, -0.1) is 0 Å². The van der Waals surface area contributed by atoms with E-state index in [-0.39, 0.29) is 42.3 Å². The van der Waals surface area contributed by atoms with Gasteiger partial charge in [0.15, 0.2) is 17.3 Å². The van der Waals surface area contributed by atoms with Crippen LogP contribution in [0.5, 0.6) is 5.75 Å². The zero-order valence-corrected chi connectivity index (χ0v) is 27.9. The molecule has 7 aliphatic rings. The molecule has 0 radical (unpaired) electrons. The molecular weight excluding hydrogens is 616 g/mol. The van der Waals surface area contributed by atoms with Crippen molar-refractivity contribution >= 4 is 34.9 Å². The average Bonchev–Trinajstić information content (AvgIpc) is 2.99. The van der Waals surface area contributed by atoms with Gasteiger partial charge in [0, 0.05) is 42.9 Å². The van der Waals surface area contributed by atoms with Crippen molar-refractivity contribution in [1.29, 1.82) is 0 Å². The highest BCUT2D eigenvalue weighted by Gasteiger charge is 2.64. The Kier molecular flexibility index (Phi) is 7.59. The molecule has 9 N–H and O–H groups in total. The number of aliphatic hydroxyl groups is 3. The fourth-order valence-corrected chi connectivity index (χ4v) is 10.4. The zero-order valence-electron chi connectivity index (χ0n) is 27.9. The summed E-state index contributed by atoms with van der Waals surface area (Å²) in [4.78, 5) is 47.8. The summed E-state index contributed by atoms with van der Waals surface area (Å²) in [6, 6.07) is 0.951. The van der Waals surface area contributed by atoms with Gasteiger partial charge in [-0.25, -0.2) is 4.99 Å². The average molecular weight is 663 g/mol. The minimum absolute atomic E-state index is 0.0101. The first-order valence-electron chi connectivity index (χ1n) is 16.9. The first-order valence-corrected chi connectivity index (χ1v) is 16.9. The SMILES string of the molecule is CN(C)c1cc(CN=C(N)NC2C3CC4CC(C3)CC2C4)c(O)c2c1CC1CC3[C@H](N(C)C)C(=O)C(C(N)=O)=C(O)[C@@]3(O)C(=O)C1=C2O. The highest BCUT2D eigenvalue weighted by Crippen LogP contribution is 2.55. The van der Waals surface area contributed by atoms with Gasteiger partial charge in [-0.2, -0.15) is 0 Å². The number of ketones is 2. The summed E-state index contributed by atoms with van der Waals surface area (Å²) in [5.74, 6) is -3.66. The molecule has 5 saturated carbocycles. The third-order valence-corrected chi connectivity index (χ3v) is 12.2. The number of carbonyl (C=O) groups is 3. The second-order valence-electron chi connectivity index (χ2n) is 15.4. The number of nitrogens with one attached hydrogen (secondary N) is 1. The Bertz CT molecular complexity index is 1680. The highest BCUT2D eigenvalue weighted by atomic mass is 16.3. The molecule has 0 spiro atoms. The number of rotatable bonds is 6. The third kappa shape index (κ3) is 4.64. The maximum atomic E-state index is 14.2. The van der Waals surface area contributed by atoms with E-state index < -0.39 is 58.0 Å². The molecule has 0 aliphatic heterocycles. The van der Waals surface area contributed by atoms with Gasteiger partial charge in [-0.1, -0.05) is 0 Å². The van der Waals surface area contributed by atoms with E-state index in [9.17, 15) is 34.8 Å². The number of amides is 1. The lowest BCUT2D eigenvalue weighted by atomic mass is 9.54. The van der Waals surface area contributed by atoms with E-state index in [1.807, 2.05) is 19.0 Å². The number of nitrogens with two attached hydrogens (primary N) is 2. The van der Waals surface area contributed by atoms with Crippen molar-refractivity contribution in [2.45, 2.75) is 69.2 Å². The monoisotopic (exact) mass is 662 g/mol. The number of benzene rings is 1. The van der Waals surface area contributed by atoms with Gasteiger partial charge in [0.1, 0.15) is 22.8 Å². The highest BCUT2D eigenvalue weighted by molar-refractivity contribution is 6.24. The number of anilines is 1. The van der Waals surface area contributed by atoms with E-state index in [1.165, 1.54) is 37.0 Å². The lowest BCUT2D eigenvalue weighted by molar-refractivity contribution is -0.153. The van der Waals surface area contributed by atoms with Crippen LogP contribution >= 0.6 is 0 Å². The van der Waals surface area contributed by atoms with Crippen molar-refractivity contribution in [2.75, 3.05) is 33.1 Å². The molecule has 0 saturated heterocycles. The number of aromatic hydroxyl groups is 1. The summed E-state index contributed by atoms with van der Waals surface area (Å²) < 4.78 is 0. The van der Waals surface area contributed by atoms with Crippen LogP contribution in [0.3, 0.4) is 0 Å². The number of carbonyl (C=O) groups excluding carboxylic acids is 3. The van der Waals surface area contributed by atoms with Crippen molar-refractivity contribution in [3.05, 3.63) is 39.7 Å². The lowest BCUT2D eigenvalue weighted by Crippen LogP contribution is -2.65. The first kappa shape index (κ1) is 32.4. The third-order valence-electron chi connectivity index (χ3n) is 12.2. The van der Waals surface area contributed by atoms with Gasteiger partial charge >= 0.3 is 0 Å². The van der Waals surface area contributed by atoms with Gasteiger partial charge in [-0.05, 0) is 100 Å². The standard InChI is InChI=1S/C35H46N6O7/c1-40(2)22-12-19(13-38-34(37)39-26-17-6-14-5-15(8-17)9-18(26)7-14)28(42)24-20(22)10-16-11-21-27(41(3)4)30(44)25(33(36)47)32(46)35(21,48)31(45)23(16)29(24)43/h12,14-18,21,26-27,42-43,46,48H,5-11,13H2,1-4H3,(H2,36,47)(H3,37,38,39)/t14?,15?,16?,17?,18?,21?,26?,27-,35-/m0/s1. The topological polar surface area (TPSA) is 215 Å². The molecule has 13 nitrogen and oxygen atoms in total. The van der Waals surface area contributed by atoms with Crippen molar-refractivity contribution in [1.82, 2.24) is 10.2 Å². The number of guanidine groups is 1. The molecule has 7 aliphatic carbocycles. The summed E-state index contributed by atoms with van der Waals surface area (Å²) >= 11 is 0. The maximum Gasteiger partial charge on any atom is 0.255 e. The molecule has 0 aromatic heterocycles. The van der Waals surface area contributed by atoms with Crippen LogP contribution in [0.15, 0.2) is 28.0 Å². The minimum atomic E-state index is -2.69. The number of primary amides is 1. The Morgan fingerprint density at radius 3 is 2.19 bits per heavy atom. The van der Waals surface area contributed by atoms with Crippen LogP contribution in [0.4, 0.5) is 5.69 Å². The summed E-state index contributed by atoms with van der Waals surface area (Å²) in [5.41, 5.74) is 9.83. The molecule has 1 amide bonds. The molecule has 48 heavy (non-hydrogen) atoms. The second kappa shape index (κ2) is 11.2. The number of nitrogens with zero attached hydrogens (tertiary/aromatic N) is 3. The largest absolute Gasteiger partial charge is 0.508 e. The van der Waals surface area contributed by atoms with Crippen LogP contribution in [-0.4, -0.2) is 94.6 Å². The minimum Gasteiger partial charge on any atom is -0.508 e. The van der Waals surface area contributed by atoms with Crippen LogP contribution in [0.25, 0.3) is 5.76 Å². The van der Waals surface area contributed by atoms with Crippen molar-refractivity contribution < 1.29 is 34.8 Å². The van der Waals surface area contributed by atoms with E-state index in [4.69, 9.17) is 11.5 Å². The van der Waals surface area contributed by atoms with Gasteiger partial charge in [-0.3, -0.25) is 19.3 Å². The first-order chi connectivity index (χ1) is 22.6. The van der Waals surface area contributed by atoms with Crippen molar-refractivity contribution in [3.63, 3.8) is 0 Å². The number of phenols is 1. The predicted octanol–water partition coefficient (Wildman–Crippen LogP) is 1.26. The summed E-state index contributed by atoms with van der Waals surface area (Å²) in [5, 5.41) is 49.9. The Morgan fingerprint density at radius 1 is 1.00 bits per heavy atom. The number of hydrogen-bond donors (Lipinski definition) is 7. The van der Waals surface area contributed by atoms with Gasteiger partial charge < -0.3 is 42.1 Å². The zero-order chi connectivity index (χ0) is 34.6. The molecule has 4 atom stereocenters. The molecular formula is C35H46N6O7. The van der Waals surface area contributed by atoms with E-state index in [0.29, 0.717) is 34.6 Å². The van der Waals surface area contributed by atoms with Crippen molar-refractivity contribution in [2.24, 2.45) is 52.0 Å². The van der Waals surface area contributed by atoms with Crippen LogP contribution in [0.1, 0.15) is 55.2 Å². The Hall–Kier alpha value is -4.10. The molecule has 4 bridgehead atoms. The maximum absolute atomic E-state index is 14.2. The molecule has 258 valence electrons. The van der Waals surface area contributed by atoms with E-state index in [1.54, 1.807) is 20.2 Å². The van der Waals surface area contributed by atoms with E-state index >= 15 is 0 Å². The number of aliphatic hydroxyl groups excluding tert-OH is 2. The number of phenolic OH excluding ortho intramolecular Hbond substituents is 1. The predicted molar refractivity (Wildman–Crippen MR) is 178 cm³/mol. The van der Waals surface area contributed by atoms with Gasteiger partial charge in [0.05, 0.1) is 18.2 Å². The summed E-state index contributed by atoms with van der Waals surface area (Å²) in [6.45, 7) is 0.0101. The normalized spacial score (nSPS) is 35.5. The molecule has 1 aromatic carbocycles. The number of likely N-dealkylation sites (N-methyl/N-ethyl adjacent to an activating group) is 1. The van der Waals surface area contributed by atoms with Crippen LogP contribution < -0.4 is 21.7 Å². The molecule has 0 heterocycles. The van der Waals surface area contributed by atoms with E-state index in [2.05, 4.69) is 10.3 Å². The molecule has 8 rings (SSSR count). The number of Topliss-reactive ketones (excluding diaryl/α,β-unsaturated/α-hetero) is 2. The van der Waals surface area contributed by atoms with Crippen molar-refractivity contribution in [3.8, 4) is 5.75 Å². The fourth-order valence-electron chi connectivity index (χ4n) is 10.4. The summed E-state index contributed by atoms with van der Waals surface area (Å²) in [7, 11) is 6.81. The number of aliphatic imine (C=N–C) groups is 1. The smallest absolute Gasteiger partial charge is 0.255 e. The van der Waals surface area contributed by atoms with E-state index in [0.717, 1.165) is 11.8 Å². The van der Waals surface area contributed by atoms with Crippen LogP contribution in [-0.2, 0) is 27.3 Å². The summed E-state index contributed by atoms with van der Waals surface area (Å²) in [6.07, 6.45) is 6.48.